The third kappa shape index (κ3) is 2.73. The van der Waals surface area contributed by atoms with Gasteiger partial charge in [-0.25, -0.2) is 9.97 Å². The Hall–Kier alpha value is -4.38. The van der Waals surface area contributed by atoms with Crippen molar-refractivity contribution in [1.82, 2.24) is 9.97 Å². The fraction of sp³-hybridized carbons (Fsp3) is 0.103. The molecule has 7 rings (SSSR count). The summed E-state index contributed by atoms with van der Waals surface area (Å²) >= 11 is 0. The first kappa shape index (κ1) is 19.1. The zero-order valence-corrected chi connectivity index (χ0v) is 18.7. The zero-order chi connectivity index (χ0) is 22.6. The van der Waals surface area contributed by atoms with Crippen LogP contribution in [-0.4, -0.2) is 16.1 Å². The van der Waals surface area contributed by atoms with Crippen LogP contribution in [0.3, 0.4) is 0 Å². The molecule has 1 aromatic heterocycles. The molecule has 5 heteroatoms. The minimum Gasteiger partial charge on any atom is -0.453 e. The lowest BCUT2D eigenvalue weighted by atomic mass is 10.0. The molecule has 1 N–H and O–H groups in total. The van der Waals surface area contributed by atoms with Gasteiger partial charge >= 0.3 is 0 Å². The molecule has 0 saturated heterocycles. The van der Waals surface area contributed by atoms with Crippen molar-refractivity contribution in [1.29, 1.82) is 0 Å². The van der Waals surface area contributed by atoms with E-state index in [1.807, 2.05) is 54.6 Å². The van der Waals surface area contributed by atoms with Gasteiger partial charge in [0, 0.05) is 11.1 Å². The minimum absolute atomic E-state index is 0.133. The molecule has 1 atom stereocenters. The Morgan fingerprint density at radius 2 is 1.47 bits per heavy atom. The van der Waals surface area contributed by atoms with E-state index in [9.17, 15) is 0 Å². The molecule has 34 heavy (non-hydrogen) atoms. The molecule has 164 valence electrons. The number of anilines is 3. The Morgan fingerprint density at radius 3 is 2.26 bits per heavy atom. The average Bonchev–Trinajstić information content (AvgIpc) is 3.30. The van der Waals surface area contributed by atoms with Crippen LogP contribution in [0.15, 0.2) is 91.0 Å². The van der Waals surface area contributed by atoms with E-state index in [2.05, 4.69) is 53.5 Å². The molecular formula is C29H22N4O. The third-order valence-electron chi connectivity index (χ3n) is 6.61. The second-order valence-electron chi connectivity index (χ2n) is 8.62. The van der Waals surface area contributed by atoms with E-state index >= 15 is 0 Å². The summed E-state index contributed by atoms with van der Waals surface area (Å²) in [5, 5.41) is 3.78. The van der Waals surface area contributed by atoms with Crippen molar-refractivity contribution >= 4 is 28.1 Å². The van der Waals surface area contributed by atoms with E-state index in [0.717, 1.165) is 68.5 Å². The molecule has 0 saturated carbocycles. The first-order chi connectivity index (χ1) is 16.8. The highest BCUT2D eigenvalue weighted by atomic mass is 16.5. The van der Waals surface area contributed by atoms with Gasteiger partial charge in [0.2, 0.25) is 0 Å². The quantitative estimate of drug-likeness (QED) is 0.316. The van der Waals surface area contributed by atoms with Crippen LogP contribution in [-0.2, 0) is 0 Å². The topological polar surface area (TPSA) is 50.3 Å². The summed E-state index contributed by atoms with van der Waals surface area (Å²) in [5.74, 6) is 1.74. The normalized spacial score (nSPS) is 15.4. The molecule has 2 aliphatic heterocycles. The largest absolute Gasteiger partial charge is 0.453 e. The Kier molecular flexibility index (Phi) is 4.12. The standard InChI is InChI=1S/C29H22N4O/c1-2-25-32-28-19(16-17-24-29(28)33(25)22-14-8-9-15-23(22)34-24)27-26(18-10-4-3-5-11-18)30-20-12-6-7-13-21(20)31-27/h3-17,25,32H,2H2,1H3. The lowest BCUT2D eigenvalue weighted by molar-refractivity contribution is 0.471. The summed E-state index contributed by atoms with van der Waals surface area (Å²) in [5.41, 5.74) is 8.77. The maximum absolute atomic E-state index is 6.32. The van der Waals surface area contributed by atoms with Gasteiger partial charge in [-0.1, -0.05) is 61.5 Å². The predicted molar refractivity (Wildman–Crippen MR) is 137 cm³/mol. The summed E-state index contributed by atoms with van der Waals surface area (Å²) in [4.78, 5) is 12.6. The molecule has 5 aromatic rings. The Bertz CT molecular complexity index is 1560. The van der Waals surface area contributed by atoms with Gasteiger partial charge in [0.15, 0.2) is 11.5 Å². The monoisotopic (exact) mass is 442 g/mol. The highest BCUT2D eigenvalue weighted by Crippen LogP contribution is 2.57. The van der Waals surface area contributed by atoms with Crippen LogP contribution in [0.25, 0.3) is 33.5 Å². The molecule has 0 bridgehead atoms. The van der Waals surface area contributed by atoms with Crippen molar-refractivity contribution in [3.05, 3.63) is 91.0 Å². The number of ether oxygens (including phenoxy) is 1. The Balaban J connectivity index is 1.50. The molecule has 0 spiro atoms. The van der Waals surface area contributed by atoms with Crippen LogP contribution in [0.2, 0.25) is 0 Å². The maximum atomic E-state index is 6.32. The van der Waals surface area contributed by atoms with E-state index in [1.54, 1.807) is 0 Å². The number of hydrogen-bond donors (Lipinski definition) is 1. The molecular weight excluding hydrogens is 420 g/mol. The molecule has 3 heterocycles. The predicted octanol–water partition coefficient (Wildman–Crippen LogP) is 7.37. The van der Waals surface area contributed by atoms with Gasteiger partial charge in [0.25, 0.3) is 0 Å². The summed E-state index contributed by atoms with van der Waals surface area (Å²) < 4.78 is 6.32. The van der Waals surface area contributed by atoms with Crippen molar-refractivity contribution < 1.29 is 4.74 Å². The third-order valence-corrected chi connectivity index (χ3v) is 6.61. The van der Waals surface area contributed by atoms with Crippen LogP contribution in [0.5, 0.6) is 11.5 Å². The van der Waals surface area contributed by atoms with E-state index in [1.165, 1.54) is 0 Å². The molecule has 5 nitrogen and oxygen atoms in total. The zero-order valence-electron chi connectivity index (χ0n) is 18.7. The molecule has 0 aliphatic carbocycles. The van der Waals surface area contributed by atoms with Crippen molar-refractivity contribution in [3.63, 3.8) is 0 Å². The average molecular weight is 443 g/mol. The summed E-state index contributed by atoms with van der Waals surface area (Å²) in [6.07, 6.45) is 1.07. The van der Waals surface area contributed by atoms with Gasteiger partial charge in [-0.2, -0.15) is 0 Å². The van der Waals surface area contributed by atoms with E-state index < -0.39 is 0 Å². The van der Waals surface area contributed by atoms with E-state index in [0.29, 0.717) is 0 Å². The van der Waals surface area contributed by atoms with E-state index in [-0.39, 0.29) is 6.17 Å². The van der Waals surface area contributed by atoms with Gasteiger partial charge in [0.05, 0.1) is 33.8 Å². The fourth-order valence-corrected chi connectivity index (χ4v) is 5.04. The van der Waals surface area contributed by atoms with Crippen LogP contribution in [0.1, 0.15) is 13.3 Å². The van der Waals surface area contributed by atoms with Gasteiger partial charge < -0.3 is 15.0 Å². The SMILES string of the molecule is CCC1Nc2c(-c3nc4ccccc4nc3-c3ccccc3)ccc3c2N1c1ccccc1O3. The molecule has 0 fully saturated rings. The number of rotatable bonds is 3. The van der Waals surface area contributed by atoms with Gasteiger partial charge in [-0.05, 0) is 42.8 Å². The number of aromatic nitrogens is 2. The molecule has 0 amide bonds. The molecule has 4 aromatic carbocycles. The number of benzene rings is 4. The molecule has 2 aliphatic rings. The number of fused-ring (bicyclic) bond motifs is 3. The Labute approximate surface area is 197 Å². The lowest BCUT2D eigenvalue weighted by Crippen LogP contribution is -2.32. The first-order valence-corrected chi connectivity index (χ1v) is 11.6. The number of hydrogen-bond acceptors (Lipinski definition) is 5. The van der Waals surface area contributed by atoms with Gasteiger partial charge in [-0.15, -0.1) is 0 Å². The minimum atomic E-state index is 0.133. The second-order valence-corrected chi connectivity index (χ2v) is 8.62. The summed E-state index contributed by atoms with van der Waals surface area (Å²) in [6, 6.07) is 30.7. The number of nitrogens with zero attached hydrogens (tertiary/aromatic N) is 3. The summed E-state index contributed by atoms with van der Waals surface area (Å²) in [7, 11) is 0. The van der Waals surface area contributed by atoms with Crippen molar-refractivity contribution in [2.75, 3.05) is 10.2 Å². The van der Waals surface area contributed by atoms with Gasteiger partial charge in [-0.3, -0.25) is 0 Å². The number of nitrogens with one attached hydrogen (secondary N) is 1. The second kappa shape index (κ2) is 7.32. The van der Waals surface area contributed by atoms with Crippen LogP contribution in [0.4, 0.5) is 17.1 Å². The fourth-order valence-electron chi connectivity index (χ4n) is 5.04. The molecule has 0 radical (unpaired) electrons. The maximum Gasteiger partial charge on any atom is 0.153 e. The highest BCUT2D eigenvalue weighted by molar-refractivity contribution is 6.01. The smallest absolute Gasteiger partial charge is 0.153 e. The van der Waals surface area contributed by atoms with Crippen molar-refractivity contribution in [2.45, 2.75) is 19.5 Å². The van der Waals surface area contributed by atoms with Crippen molar-refractivity contribution in [2.24, 2.45) is 0 Å². The van der Waals surface area contributed by atoms with Crippen LogP contribution in [0, 0.1) is 0 Å². The number of para-hydroxylation sites is 4. The highest BCUT2D eigenvalue weighted by Gasteiger charge is 2.38. The lowest BCUT2D eigenvalue weighted by Gasteiger charge is -2.32. The first-order valence-electron chi connectivity index (χ1n) is 11.6. The summed E-state index contributed by atoms with van der Waals surface area (Å²) in [6.45, 7) is 2.20. The van der Waals surface area contributed by atoms with Crippen LogP contribution < -0.4 is 15.0 Å². The Morgan fingerprint density at radius 1 is 0.765 bits per heavy atom. The van der Waals surface area contributed by atoms with Gasteiger partial charge in [0.1, 0.15) is 11.9 Å². The molecule has 1 unspecified atom stereocenters. The van der Waals surface area contributed by atoms with E-state index in [4.69, 9.17) is 14.7 Å². The van der Waals surface area contributed by atoms with Crippen LogP contribution >= 0.6 is 0 Å². The van der Waals surface area contributed by atoms with Crippen molar-refractivity contribution in [3.8, 4) is 34.0 Å².